The minimum Gasteiger partial charge on any atom is -0.358 e. The molecule has 2 aromatic carbocycles. The van der Waals surface area contributed by atoms with E-state index in [4.69, 9.17) is 4.98 Å². The van der Waals surface area contributed by atoms with E-state index < -0.39 is 0 Å². The van der Waals surface area contributed by atoms with Crippen molar-refractivity contribution in [2.75, 3.05) is 11.4 Å². The van der Waals surface area contributed by atoms with Gasteiger partial charge in [0, 0.05) is 24.2 Å². The van der Waals surface area contributed by atoms with Crippen LogP contribution in [0, 0.1) is 18.3 Å². The Morgan fingerprint density at radius 2 is 1.83 bits per heavy atom. The van der Waals surface area contributed by atoms with Crippen molar-refractivity contribution in [1.29, 1.82) is 5.26 Å². The van der Waals surface area contributed by atoms with Gasteiger partial charge >= 0.3 is 0 Å². The average Bonchev–Trinajstić information content (AvgIpc) is 3.08. The molecule has 3 heterocycles. The zero-order valence-electron chi connectivity index (χ0n) is 16.4. The van der Waals surface area contributed by atoms with Crippen molar-refractivity contribution < 1.29 is 0 Å². The van der Waals surface area contributed by atoms with Crippen LogP contribution in [0.15, 0.2) is 60.7 Å². The summed E-state index contributed by atoms with van der Waals surface area (Å²) in [5.74, 6) is 0.920. The third kappa shape index (κ3) is 3.15. The highest BCUT2D eigenvalue weighted by molar-refractivity contribution is 5.95. The molecule has 1 N–H and O–H groups in total. The zero-order chi connectivity index (χ0) is 19.8. The topological polar surface area (TPSA) is 55.7 Å². The fourth-order valence-electron chi connectivity index (χ4n) is 4.38. The van der Waals surface area contributed by atoms with Crippen molar-refractivity contribution in [1.82, 2.24) is 9.97 Å². The number of anilines is 1. The summed E-state index contributed by atoms with van der Waals surface area (Å²) in [6, 6.07) is 23.2. The summed E-state index contributed by atoms with van der Waals surface area (Å²) in [5, 5.41) is 10.7. The molecule has 0 unspecified atom stereocenters. The van der Waals surface area contributed by atoms with Gasteiger partial charge in [0.2, 0.25) is 0 Å². The largest absolute Gasteiger partial charge is 0.358 e. The number of hydrogen-bond donors (Lipinski definition) is 1. The predicted molar refractivity (Wildman–Crippen MR) is 116 cm³/mol. The van der Waals surface area contributed by atoms with Crippen LogP contribution in [0.2, 0.25) is 0 Å². The highest BCUT2D eigenvalue weighted by atomic mass is 15.2. The zero-order valence-corrected chi connectivity index (χ0v) is 16.4. The van der Waals surface area contributed by atoms with Crippen LogP contribution in [-0.2, 0) is 19.4 Å². The molecule has 0 saturated heterocycles. The van der Waals surface area contributed by atoms with Gasteiger partial charge < -0.3 is 9.88 Å². The maximum atomic E-state index is 9.54. The van der Waals surface area contributed by atoms with E-state index in [1.54, 1.807) is 0 Å². The van der Waals surface area contributed by atoms with Crippen LogP contribution in [0.5, 0.6) is 0 Å². The van der Waals surface area contributed by atoms with Gasteiger partial charge in [0.1, 0.15) is 17.6 Å². The Labute approximate surface area is 170 Å². The standard InChI is InChI=1S/C25H22N4/c1-17-22(13-18-7-3-2-4-8-18)24-23(27-17)14-21(15-26)28-25(24)29-12-11-19-9-5-6-10-20(19)16-29/h2-10,14,27H,11-13,16H2,1H3. The number of benzene rings is 2. The minimum atomic E-state index is 0.457. The molecule has 4 aromatic rings. The lowest BCUT2D eigenvalue weighted by atomic mass is 9.98. The van der Waals surface area contributed by atoms with E-state index in [0.717, 1.165) is 48.3 Å². The number of aromatic amines is 1. The number of nitriles is 1. The van der Waals surface area contributed by atoms with Gasteiger partial charge in [-0.15, -0.1) is 0 Å². The number of hydrogen-bond acceptors (Lipinski definition) is 3. The first-order chi connectivity index (χ1) is 14.2. The molecule has 4 heteroatoms. The molecule has 0 spiro atoms. The lowest BCUT2D eigenvalue weighted by Gasteiger charge is -2.30. The summed E-state index contributed by atoms with van der Waals surface area (Å²) >= 11 is 0. The van der Waals surface area contributed by atoms with Crippen LogP contribution in [0.3, 0.4) is 0 Å². The summed E-state index contributed by atoms with van der Waals surface area (Å²) in [6.45, 7) is 3.84. The van der Waals surface area contributed by atoms with Gasteiger partial charge in [0.05, 0.1) is 5.52 Å². The van der Waals surface area contributed by atoms with Crippen LogP contribution in [0.4, 0.5) is 5.82 Å². The predicted octanol–water partition coefficient (Wildman–Crippen LogP) is 4.90. The summed E-state index contributed by atoms with van der Waals surface area (Å²) < 4.78 is 0. The van der Waals surface area contributed by atoms with E-state index in [2.05, 4.69) is 71.4 Å². The molecule has 0 atom stereocenters. The Balaban J connectivity index is 1.65. The maximum absolute atomic E-state index is 9.54. The molecule has 1 aliphatic rings. The molecule has 0 radical (unpaired) electrons. The van der Waals surface area contributed by atoms with Gasteiger partial charge in [0.15, 0.2) is 0 Å². The average molecular weight is 378 g/mol. The Bertz CT molecular complexity index is 1230. The Morgan fingerprint density at radius 1 is 1.07 bits per heavy atom. The summed E-state index contributed by atoms with van der Waals surface area (Å²) in [7, 11) is 0. The second-order valence-corrected chi connectivity index (χ2v) is 7.70. The van der Waals surface area contributed by atoms with Gasteiger partial charge in [-0.3, -0.25) is 0 Å². The SMILES string of the molecule is Cc1[nH]c2cc(C#N)nc(N3CCc4ccccc4C3)c2c1Cc1ccccc1. The number of aryl methyl sites for hydroxylation is 1. The lowest BCUT2D eigenvalue weighted by Crippen LogP contribution is -2.31. The molecule has 29 heavy (non-hydrogen) atoms. The highest BCUT2D eigenvalue weighted by Crippen LogP contribution is 2.35. The van der Waals surface area contributed by atoms with E-state index in [-0.39, 0.29) is 0 Å². The summed E-state index contributed by atoms with van der Waals surface area (Å²) in [6.07, 6.45) is 1.84. The van der Waals surface area contributed by atoms with E-state index in [1.807, 2.05) is 12.1 Å². The summed E-state index contributed by atoms with van der Waals surface area (Å²) in [4.78, 5) is 10.6. The second kappa shape index (κ2) is 7.10. The van der Waals surface area contributed by atoms with Crippen LogP contribution < -0.4 is 4.90 Å². The molecule has 0 aliphatic carbocycles. The van der Waals surface area contributed by atoms with Crippen molar-refractivity contribution in [3.05, 3.63) is 94.3 Å². The molecule has 0 bridgehead atoms. The first kappa shape index (κ1) is 17.5. The van der Waals surface area contributed by atoms with E-state index in [1.165, 1.54) is 22.3 Å². The van der Waals surface area contributed by atoms with Gasteiger partial charge in [-0.2, -0.15) is 5.26 Å². The number of rotatable bonds is 3. The molecule has 2 aromatic heterocycles. The van der Waals surface area contributed by atoms with E-state index in [0.29, 0.717) is 5.69 Å². The Morgan fingerprint density at radius 3 is 2.62 bits per heavy atom. The number of pyridine rings is 1. The second-order valence-electron chi connectivity index (χ2n) is 7.70. The third-order valence-corrected chi connectivity index (χ3v) is 5.85. The smallest absolute Gasteiger partial charge is 0.145 e. The molecule has 0 saturated carbocycles. The third-order valence-electron chi connectivity index (χ3n) is 5.85. The fraction of sp³-hybridized carbons (Fsp3) is 0.200. The first-order valence-corrected chi connectivity index (χ1v) is 10.0. The molecule has 0 amide bonds. The monoisotopic (exact) mass is 378 g/mol. The van der Waals surface area contributed by atoms with Gasteiger partial charge in [-0.25, -0.2) is 4.98 Å². The van der Waals surface area contributed by atoms with Gasteiger partial charge in [0.25, 0.3) is 0 Å². The first-order valence-electron chi connectivity index (χ1n) is 10.0. The highest BCUT2D eigenvalue weighted by Gasteiger charge is 2.23. The van der Waals surface area contributed by atoms with Crippen LogP contribution in [0.1, 0.15) is 33.6 Å². The number of nitrogens with zero attached hydrogens (tertiary/aromatic N) is 3. The Hall–Kier alpha value is -3.58. The van der Waals surface area contributed by atoms with Crippen molar-refractivity contribution in [2.24, 2.45) is 0 Å². The molecule has 142 valence electrons. The minimum absolute atomic E-state index is 0.457. The van der Waals surface area contributed by atoms with Gasteiger partial charge in [-0.1, -0.05) is 54.6 Å². The molecule has 1 aliphatic heterocycles. The number of H-pyrrole nitrogens is 1. The molecular formula is C25H22N4. The van der Waals surface area contributed by atoms with E-state index >= 15 is 0 Å². The van der Waals surface area contributed by atoms with Crippen LogP contribution in [0.25, 0.3) is 10.9 Å². The maximum Gasteiger partial charge on any atom is 0.145 e. The molecular weight excluding hydrogens is 356 g/mol. The van der Waals surface area contributed by atoms with Crippen LogP contribution >= 0.6 is 0 Å². The van der Waals surface area contributed by atoms with Crippen LogP contribution in [-0.4, -0.2) is 16.5 Å². The van der Waals surface area contributed by atoms with Crippen molar-refractivity contribution in [3.8, 4) is 6.07 Å². The van der Waals surface area contributed by atoms with E-state index in [9.17, 15) is 5.26 Å². The number of nitrogens with one attached hydrogen (secondary N) is 1. The summed E-state index contributed by atoms with van der Waals surface area (Å²) in [5.41, 5.74) is 7.87. The van der Waals surface area contributed by atoms with Crippen molar-refractivity contribution in [3.63, 3.8) is 0 Å². The van der Waals surface area contributed by atoms with Crippen molar-refractivity contribution >= 4 is 16.7 Å². The van der Waals surface area contributed by atoms with Gasteiger partial charge in [-0.05, 0) is 48.1 Å². The quantitative estimate of drug-likeness (QED) is 0.552. The molecule has 0 fully saturated rings. The molecule has 4 nitrogen and oxygen atoms in total. The normalized spacial score (nSPS) is 13.3. The molecule has 5 rings (SSSR count). The Kier molecular flexibility index (Phi) is 4.29. The lowest BCUT2D eigenvalue weighted by molar-refractivity contribution is 0.723. The van der Waals surface area contributed by atoms with Crippen molar-refractivity contribution in [2.45, 2.75) is 26.3 Å². The fourth-order valence-corrected chi connectivity index (χ4v) is 4.38. The number of aromatic nitrogens is 2. The number of fused-ring (bicyclic) bond motifs is 2.